The molecule has 0 aliphatic rings. The lowest BCUT2D eigenvalue weighted by Gasteiger charge is -2.18. The van der Waals surface area contributed by atoms with Crippen molar-refractivity contribution in [2.45, 2.75) is 38.7 Å². The van der Waals surface area contributed by atoms with E-state index in [1.54, 1.807) is 0 Å². The van der Waals surface area contributed by atoms with E-state index in [1.807, 2.05) is 27.7 Å². The maximum atomic E-state index is 5.99. The van der Waals surface area contributed by atoms with Crippen molar-refractivity contribution in [1.82, 2.24) is 15.0 Å². The molecule has 1 rings (SSSR count). The Balaban J connectivity index is 2.74. The number of alkyl halides is 1. The van der Waals surface area contributed by atoms with Gasteiger partial charge in [0.25, 0.3) is 0 Å². The highest BCUT2D eigenvalue weighted by atomic mass is 35.5. The van der Waals surface area contributed by atoms with E-state index in [9.17, 15) is 0 Å². The summed E-state index contributed by atoms with van der Waals surface area (Å²) in [6.45, 7) is 7.69. The van der Waals surface area contributed by atoms with Crippen LogP contribution in [0.1, 0.15) is 27.7 Å². The number of rotatable bonds is 4. The minimum absolute atomic E-state index is 0.282. The molecular formula is C9H16ClN5. The fourth-order valence-corrected chi connectivity index (χ4v) is 1.03. The van der Waals surface area contributed by atoms with Gasteiger partial charge in [0.1, 0.15) is 11.3 Å². The molecule has 84 valence electrons. The maximum Gasteiger partial charge on any atom is 0.228 e. The number of nitrogens with one attached hydrogen (secondary N) is 2. The van der Waals surface area contributed by atoms with E-state index in [4.69, 9.17) is 11.6 Å². The summed E-state index contributed by atoms with van der Waals surface area (Å²) in [5, 5.41) is 6.04. The van der Waals surface area contributed by atoms with Gasteiger partial charge in [0.15, 0.2) is 0 Å². The van der Waals surface area contributed by atoms with Gasteiger partial charge >= 0.3 is 0 Å². The average molecular weight is 230 g/mol. The molecule has 0 aliphatic carbocycles. The highest BCUT2D eigenvalue weighted by molar-refractivity contribution is 6.24. The van der Waals surface area contributed by atoms with Crippen LogP contribution in [0.3, 0.4) is 0 Å². The lowest BCUT2D eigenvalue weighted by molar-refractivity contribution is 0.783. The summed E-state index contributed by atoms with van der Waals surface area (Å²) in [5.41, 5.74) is 0. The van der Waals surface area contributed by atoms with Crippen LogP contribution in [0, 0.1) is 0 Å². The van der Waals surface area contributed by atoms with E-state index >= 15 is 0 Å². The second kappa shape index (κ2) is 4.61. The molecule has 0 saturated carbocycles. The molecule has 1 aromatic rings. The zero-order chi connectivity index (χ0) is 11.5. The predicted octanol–water partition coefficient (Wildman–Crippen LogP) is 2.08. The van der Waals surface area contributed by atoms with Crippen LogP contribution in [0.5, 0.6) is 0 Å². The Hall–Kier alpha value is -1.10. The lowest BCUT2D eigenvalue weighted by Crippen LogP contribution is -2.25. The summed E-state index contributed by atoms with van der Waals surface area (Å²) in [5.74, 6) is 1.01. The number of hydrogen-bond acceptors (Lipinski definition) is 5. The van der Waals surface area contributed by atoms with Crippen molar-refractivity contribution in [3.05, 3.63) is 6.33 Å². The highest BCUT2D eigenvalue weighted by Crippen LogP contribution is 2.15. The summed E-state index contributed by atoms with van der Waals surface area (Å²) >= 11 is 5.99. The molecule has 0 bridgehead atoms. The van der Waals surface area contributed by atoms with Crippen molar-refractivity contribution in [3.63, 3.8) is 0 Å². The quantitative estimate of drug-likeness (QED) is 0.612. The fraction of sp³-hybridized carbons (Fsp3) is 0.667. The summed E-state index contributed by atoms with van der Waals surface area (Å²) < 4.78 is 0. The molecule has 1 aromatic heterocycles. The number of hydrogen-bond donors (Lipinski definition) is 2. The van der Waals surface area contributed by atoms with Gasteiger partial charge in [-0.1, -0.05) is 11.6 Å². The van der Waals surface area contributed by atoms with Crippen molar-refractivity contribution in [3.8, 4) is 0 Å². The van der Waals surface area contributed by atoms with Crippen LogP contribution in [0.4, 0.5) is 11.9 Å². The Morgan fingerprint density at radius 2 is 1.87 bits per heavy atom. The van der Waals surface area contributed by atoms with Crippen LogP contribution < -0.4 is 10.6 Å². The van der Waals surface area contributed by atoms with E-state index < -0.39 is 5.00 Å². The average Bonchev–Trinajstić information content (AvgIpc) is 1.99. The molecule has 1 heterocycles. The standard InChI is InChI=1S/C9H16ClN5/c1-6(2)13-7-11-5-12-8(14-7)15-9(3,4)10/h5-6H,1-4H3,(H2,11,12,13,14,15). The van der Waals surface area contributed by atoms with Crippen LogP contribution in [0.15, 0.2) is 6.33 Å². The molecule has 0 fully saturated rings. The third-order valence-electron chi connectivity index (χ3n) is 1.40. The minimum Gasteiger partial charge on any atom is -0.352 e. The number of halogens is 1. The first-order valence-corrected chi connectivity index (χ1v) is 5.17. The zero-order valence-electron chi connectivity index (χ0n) is 9.37. The smallest absolute Gasteiger partial charge is 0.228 e. The molecule has 5 nitrogen and oxygen atoms in total. The molecule has 0 unspecified atom stereocenters. The molecule has 0 aliphatic heterocycles. The summed E-state index contributed by atoms with van der Waals surface area (Å²) in [4.78, 5) is 11.6. The Labute approximate surface area is 94.7 Å². The van der Waals surface area contributed by atoms with Gasteiger partial charge in [-0.3, -0.25) is 0 Å². The topological polar surface area (TPSA) is 62.7 Å². The number of aromatic nitrogens is 3. The van der Waals surface area contributed by atoms with E-state index in [1.165, 1.54) is 6.33 Å². The highest BCUT2D eigenvalue weighted by Gasteiger charge is 2.14. The van der Waals surface area contributed by atoms with Crippen molar-refractivity contribution >= 4 is 23.5 Å². The molecule has 0 aromatic carbocycles. The molecule has 0 radical (unpaired) electrons. The van der Waals surface area contributed by atoms with Crippen molar-refractivity contribution < 1.29 is 0 Å². The third kappa shape index (κ3) is 4.78. The SMILES string of the molecule is CC(C)Nc1ncnc(NC(C)(C)Cl)n1. The van der Waals surface area contributed by atoms with E-state index in [0.717, 1.165) is 0 Å². The first kappa shape index (κ1) is 12.0. The summed E-state index contributed by atoms with van der Waals surface area (Å²) in [7, 11) is 0. The molecule has 2 N–H and O–H groups in total. The predicted molar refractivity (Wildman–Crippen MR) is 62.1 cm³/mol. The van der Waals surface area contributed by atoms with Crippen LogP contribution >= 0.6 is 11.6 Å². The second-order valence-corrected chi connectivity index (χ2v) is 4.97. The van der Waals surface area contributed by atoms with Gasteiger partial charge < -0.3 is 10.6 Å². The van der Waals surface area contributed by atoms with Crippen LogP contribution in [0.25, 0.3) is 0 Å². The number of anilines is 2. The first-order valence-electron chi connectivity index (χ1n) is 4.79. The molecular weight excluding hydrogens is 214 g/mol. The normalized spacial score (nSPS) is 11.6. The van der Waals surface area contributed by atoms with Crippen molar-refractivity contribution in [2.75, 3.05) is 10.6 Å². The largest absolute Gasteiger partial charge is 0.352 e. The number of nitrogens with zero attached hydrogens (tertiary/aromatic N) is 3. The van der Waals surface area contributed by atoms with Gasteiger partial charge in [-0.05, 0) is 27.7 Å². The van der Waals surface area contributed by atoms with Gasteiger partial charge in [0.05, 0.1) is 0 Å². The van der Waals surface area contributed by atoms with Crippen molar-refractivity contribution in [2.24, 2.45) is 0 Å². The molecule has 0 amide bonds. The Kier molecular flexibility index (Phi) is 3.68. The summed E-state index contributed by atoms with van der Waals surface area (Å²) in [6.07, 6.45) is 1.45. The maximum absolute atomic E-state index is 5.99. The van der Waals surface area contributed by atoms with Gasteiger partial charge in [0, 0.05) is 6.04 Å². The van der Waals surface area contributed by atoms with E-state index in [2.05, 4.69) is 25.6 Å². The molecule has 0 atom stereocenters. The van der Waals surface area contributed by atoms with Gasteiger partial charge in [-0.25, -0.2) is 9.97 Å². The third-order valence-corrected chi connectivity index (χ3v) is 1.49. The fourth-order valence-electron chi connectivity index (χ4n) is 0.950. The summed E-state index contributed by atoms with van der Waals surface area (Å²) in [6, 6.07) is 0.282. The van der Waals surface area contributed by atoms with E-state index in [-0.39, 0.29) is 6.04 Å². The Morgan fingerprint density at radius 3 is 2.40 bits per heavy atom. The monoisotopic (exact) mass is 229 g/mol. The molecule has 0 spiro atoms. The van der Waals surface area contributed by atoms with Gasteiger partial charge in [0.2, 0.25) is 11.9 Å². The minimum atomic E-state index is -0.573. The van der Waals surface area contributed by atoms with Gasteiger partial charge in [-0.15, -0.1) is 0 Å². The second-order valence-electron chi connectivity index (χ2n) is 4.03. The van der Waals surface area contributed by atoms with Crippen LogP contribution in [0.2, 0.25) is 0 Å². The van der Waals surface area contributed by atoms with Crippen LogP contribution in [-0.2, 0) is 0 Å². The zero-order valence-corrected chi connectivity index (χ0v) is 10.1. The van der Waals surface area contributed by atoms with E-state index in [0.29, 0.717) is 11.9 Å². The lowest BCUT2D eigenvalue weighted by atomic mass is 10.4. The first-order chi connectivity index (χ1) is 6.87. The van der Waals surface area contributed by atoms with Gasteiger partial charge in [-0.2, -0.15) is 4.98 Å². The van der Waals surface area contributed by atoms with Crippen LogP contribution in [-0.4, -0.2) is 26.0 Å². The molecule has 0 saturated heterocycles. The Bertz CT molecular complexity index is 321. The molecule has 6 heteroatoms. The molecule has 15 heavy (non-hydrogen) atoms. The van der Waals surface area contributed by atoms with Crippen molar-refractivity contribution in [1.29, 1.82) is 0 Å². The Morgan fingerprint density at radius 1 is 1.27 bits per heavy atom.